The number of hydrogen-bond donors (Lipinski definition) is 3. The van der Waals surface area contributed by atoms with Crippen LogP contribution in [0, 0.1) is 21.7 Å². The van der Waals surface area contributed by atoms with Gasteiger partial charge in [-0.15, -0.1) is 0 Å². The minimum Gasteiger partial charge on any atom is -0.488 e. The smallest absolute Gasteiger partial charge is 0.273 e. The van der Waals surface area contributed by atoms with Gasteiger partial charge in [-0.3, -0.25) is 10.1 Å². The van der Waals surface area contributed by atoms with Gasteiger partial charge in [0.2, 0.25) is 0 Å². The summed E-state index contributed by atoms with van der Waals surface area (Å²) < 4.78 is 35.4. The normalized spacial score (nSPS) is 9.85. The van der Waals surface area contributed by atoms with Crippen LogP contribution in [0.1, 0.15) is 0 Å². The summed E-state index contributed by atoms with van der Waals surface area (Å²) in [6.07, 6.45) is 0. The number of aliphatic hydroxyl groups excluding tert-OH is 2. The van der Waals surface area contributed by atoms with Gasteiger partial charge in [0, 0.05) is 17.8 Å². The van der Waals surface area contributed by atoms with Crippen LogP contribution in [0.15, 0.2) is 36.4 Å². The van der Waals surface area contributed by atoms with Crippen molar-refractivity contribution in [2.24, 2.45) is 0 Å². The number of nitrogens with zero attached hydrogens (tertiary/aromatic N) is 1. The summed E-state index contributed by atoms with van der Waals surface area (Å²) in [6.45, 7) is -0.450. The number of non-ortho nitro benzene ring substituents is 1. The van der Waals surface area contributed by atoms with Crippen molar-refractivity contribution < 1.29 is 33.4 Å². The maximum atomic E-state index is 12.9. The highest BCUT2D eigenvalue weighted by Crippen LogP contribution is 2.23. The first-order valence-corrected chi connectivity index (χ1v) is 7.35. The van der Waals surface area contributed by atoms with Crippen molar-refractivity contribution in [3.63, 3.8) is 0 Å². The molecule has 2 aromatic rings. The van der Waals surface area contributed by atoms with E-state index in [0.717, 1.165) is 18.2 Å². The van der Waals surface area contributed by atoms with Crippen molar-refractivity contribution in [3.8, 4) is 11.5 Å². The Kier molecular flexibility index (Phi) is 8.75. The Morgan fingerprint density at radius 1 is 0.962 bits per heavy atom. The first-order chi connectivity index (χ1) is 12.4. The number of nitrogen functional groups attached to an aromatic ring is 1. The number of anilines is 1. The molecule has 0 unspecified atom stereocenters. The average molecular weight is 372 g/mol. The summed E-state index contributed by atoms with van der Waals surface area (Å²) in [5.74, 6) is -1.32. The maximum Gasteiger partial charge on any atom is 0.273 e. The fourth-order valence-electron chi connectivity index (χ4n) is 1.66. The molecule has 0 radical (unpaired) electrons. The van der Waals surface area contributed by atoms with Crippen molar-refractivity contribution >= 4 is 11.4 Å². The molecular formula is C16H18F2N2O6. The fraction of sp³-hybridized carbons (Fsp3) is 0.250. The Morgan fingerprint density at radius 3 is 1.96 bits per heavy atom. The van der Waals surface area contributed by atoms with Gasteiger partial charge in [-0.1, -0.05) is 0 Å². The second-order valence-electron chi connectivity index (χ2n) is 4.71. The number of benzene rings is 2. The summed E-state index contributed by atoms with van der Waals surface area (Å²) in [7, 11) is 0. The lowest BCUT2D eigenvalue weighted by Gasteiger charge is -2.05. The molecule has 0 heterocycles. The highest BCUT2D eigenvalue weighted by molar-refractivity contribution is 5.44. The van der Waals surface area contributed by atoms with Crippen LogP contribution in [0.25, 0.3) is 0 Å². The van der Waals surface area contributed by atoms with Gasteiger partial charge in [-0.05, 0) is 18.2 Å². The number of nitro groups is 1. The van der Waals surface area contributed by atoms with E-state index in [2.05, 4.69) is 0 Å². The van der Waals surface area contributed by atoms with Crippen LogP contribution in [0.5, 0.6) is 11.5 Å². The van der Waals surface area contributed by atoms with Gasteiger partial charge in [0.25, 0.3) is 5.69 Å². The molecule has 0 aromatic heterocycles. The summed E-state index contributed by atoms with van der Waals surface area (Å²) in [6, 6.07) is 7.02. The molecule has 0 saturated heterocycles. The molecule has 4 N–H and O–H groups in total. The highest BCUT2D eigenvalue weighted by atomic mass is 19.1. The van der Waals surface area contributed by atoms with Gasteiger partial charge in [0.05, 0.1) is 24.2 Å². The molecule has 0 spiro atoms. The lowest BCUT2D eigenvalue weighted by atomic mass is 10.3. The third-order valence-corrected chi connectivity index (χ3v) is 2.78. The van der Waals surface area contributed by atoms with Crippen LogP contribution in [0.2, 0.25) is 0 Å². The van der Waals surface area contributed by atoms with Crippen molar-refractivity contribution in [2.75, 3.05) is 32.2 Å². The third-order valence-electron chi connectivity index (χ3n) is 2.78. The van der Waals surface area contributed by atoms with Gasteiger partial charge in [0.15, 0.2) is 23.1 Å². The molecule has 2 rings (SSSR count). The van der Waals surface area contributed by atoms with E-state index >= 15 is 0 Å². The quantitative estimate of drug-likeness (QED) is 0.384. The number of rotatable bonds is 7. The van der Waals surface area contributed by atoms with E-state index in [9.17, 15) is 18.9 Å². The van der Waals surface area contributed by atoms with E-state index in [1.54, 1.807) is 0 Å². The van der Waals surface area contributed by atoms with Crippen LogP contribution in [-0.4, -0.2) is 41.6 Å². The van der Waals surface area contributed by atoms with Crippen molar-refractivity contribution in [1.82, 2.24) is 0 Å². The summed E-state index contributed by atoms with van der Waals surface area (Å²) in [4.78, 5) is 9.67. The second kappa shape index (κ2) is 10.8. The van der Waals surface area contributed by atoms with Crippen LogP contribution in [0.3, 0.4) is 0 Å². The molecule has 0 saturated carbocycles. The SMILES string of the molecule is Nc1ccc(F)c(OCCO)c1.O=[N+]([O-])c1ccc(F)c(OCCO)c1. The van der Waals surface area contributed by atoms with E-state index in [1.807, 2.05) is 0 Å². The maximum absolute atomic E-state index is 12.9. The molecule has 0 aliphatic rings. The topological polar surface area (TPSA) is 128 Å². The predicted octanol–water partition coefficient (Wildman–Crippen LogP) is 1.88. The standard InChI is InChI=1S/C8H8FNO4.C8H10FNO2/c9-7-2-1-6(10(12)13)5-8(7)14-4-3-11;9-7-2-1-6(10)5-8(7)12-4-3-11/h1-2,5,11H,3-4H2;1-2,5,11H,3-4,10H2. The zero-order valence-electron chi connectivity index (χ0n) is 13.6. The fourth-order valence-corrected chi connectivity index (χ4v) is 1.66. The zero-order chi connectivity index (χ0) is 19.5. The number of halogens is 2. The Balaban J connectivity index is 0.000000263. The molecule has 0 aliphatic heterocycles. The minimum atomic E-state index is -0.691. The summed E-state index contributed by atoms with van der Waals surface area (Å²) in [5.41, 5.74) is 5.57. The van der Waals surface area contributed by atoms with E-state index in [0.29, 0.717) is 5.69 Å². The van der Waals surface area contributed by atoms with Gasteiger partial charge < -0.3 is 25.4 Å². The molecule has 8 nitrogen and oxygen atoms in total. The molecule has 0 atom stereocenters. The predicted molar refractivity (Wildman–Crippen MR) is 89.0 cm³/mol. The number of hydrogen-bond acceptors (Lipinski definition) is 7. The van der Waals surface area contributed by atoms with Crippen LogP contribution >= 0.6 is 0 Å². The molecule has 0 aliphatic carbocycles. The van der Waals surface area contributed by atoms with Gasteiger partial charge in [0.1, 0.15) is 13.2 Å². The summed E-state index contributed by atoms with van der Waals surface area (Å²) in [5, 5.41) is 27.1. The van der Waals surface area contributed by atoms with Crippen molar-refractivity contribution in [2.45, 2.75) is 0 Å². The molecule has 26 heavy (non-hydrogen) atoms. The van der Waals surface area contributed by atoms with E-state index in [4.69, 9.17) is 25.4 Å². The van der Waals surface area contributed by atoms with Crippen molar-refractivity contribution in [1.29, 1.82) is 0 Å². The Bertz CT molecular complexity index is 730. The summed E-state index contributed by atoms with van der Waals surface area (Å²) >= 11 is 0. The molecule has 0 amide bonds. The molecule has 2 aromatic carbocycles. The van der Waals surface area contributed by atoms with Gasteiger partial charge in [-0.2, -0.15) is 0 Å². The molecule has 10 heteroatoms. The largest absolute Gasteiger partial charge is 0.488 e. The lowest BCUT2D eigenvalue weighted by molar-refractivity contribution is -0.385. The first-order valence-electron chi connectivity index (χ1n) is 7.35. The first kappa shape index (κ1) is 21.1. The van der Waals surface area contributed by atoms with E-state index in [-0.39, 0.29) is 43.6 Å². The second-order valence-corrected chi connectivity index (χ2v) is 4.71. The zero-order valence-corrected chi connectivity index (χ0v) is 13.6. The van der Waals surface area contributed by atoms with Crippen LogP contribution in [0.4, 0.5) is 20.2 Å². The van der Waals surface area contributed by atoms with Crippen molar-refractivity contribution in [3.05, 3.63) is 58.1 Å². The Hall–Kier alpha value is -2.98. The number of nitrogens with two attached hydrogens (primary N) is 1. The van der Waals surface area contributed by atoms with E-state index < -0.39 is 16.6 Å². The third kappa shape index (κ3) is 6.87. The monoisotopic (exact) mass is 372 g/mol. The van der Waals surface area contributed by atoms with E-state index in [1.165, 1.54) is 18.2 Å². The Labute approximate surface area is 147 Å². The molecule has 0 bridgehead atoms. The van der Waals surface area contributed by atoms with Crippen LogP contribution in [-0.2, 0) is 0 Å². The van der Waals surface area contributed by atoms with Gasteiger partial charge in [-0.25, -0.2) is 8.78 Å². The highest BCUT2D eigenvalue weighted by Gasteiger charge is 2.11. The Morgan fingerprint density at radius 2 is 1.46 bits per heavy atom. The molecule has 142 valence electrons. The number of nitro benzene ring substituents is 1. The average Bonchev–Trinajstić information content (AvgIpc) is 2.62. The minimum absolute atomic E-state index is 0.0698. The molecule has 0 fully saturated rings. The molecular weight excluding hydrogens is 354 g/mol. The number of aliphatic hydroxyl groups is 2. The number of ether oxygens (including phenoxy) is 2. The van der Waals surface area contributed by atoms with Gasteiger partial charge >= 0.3 is 0 Å². The lowest BCUT2D eigenvalue weighted by Crippen LogP contribution is -2.03. The van der Waals surface area contributed by atoms with Crippen LogP contribution < -0.4 is 15.2 Å².